The lowest BCUT2D eigenvalue weighted by Gasteiger charge is -2.21. The minimum atomic E-state index is -0.998. The minimum Gasteiger partial charge on any atom is -0.480 e. The molecule has 1 aliphatic heterocycles. The second kappa shape index (κ2) is 4.55. The van der Waals surface area contributed by atoms with Crippen molar-refractivity contribution in [2.45, 2.75) is 18.5 Å². The maximum Gasteiger partial charge on any atom is 0.326 e. The summed E-state index contributed by atoms with van der Waals surface area (Å²) in [5.74, 6) is -1.27. The summed E-state index contributed by atoms with van der Waals surface area (Å²) in [7, 11) is 0. The standard InChI is InChI=1S/C12H14N2O3/c13-9-6-10(12(16)17)14(7-9)11(15)8-4-2-1-3-5-8/h1-5,9-10H,6-7,13H2,(H,16,17)/t9-,10-/m0/s1. The molecule has 0 aliphatic carbocycles. The molecule has 5 heteroatoms. The van der Waals surface area contributed by atoms with Crippen molar-refractivity contribution < 1.29 is 14.7 Å². The third kappa shape index (κ3) is 2.29. The molecule has 1 aromatic carbocycles. The quantitative estimate of drug-likeness (QED) is 0.771. The molecule has 5 nitrogen and oxygen atoms in total. The van der Waals surface area contributed by atoms with Crippen LogP contribution in [0.3, 0.4) is 0 Å². The molecule has 0 bridgehead atoms. The van der Waals surface area contributed by atoms with Gasteiger partial charge in [-0.1, -0.05) is 18.2 Å². The number of amides is 1. The highest BCUT2D eigenvalue weighted by molar-refractivity contribution is 5.97. The van der Waals surface area contributed by atoms with E-state index in [0.717, 1.165) is 0 Å². The zero-order valence-electron chi connectivity index (χ0n) is 9.24. The van der Waals surface area contributed by atoms with E-state index in [4.69, 9.17) is 10.8 Å². The molecule has 1 aromatic rings. The van der Waals surface area contributed by atoms with Gasteiger partial charge in [-0.25, -0.2) is 4.79 Å². The molecule has 0 unspecified atom stereocenters. The Morgan fingerprint density at radius 3 is 2.53 bits per heavy atom. The van der Waals surface area contributed by atoms with Crippen molar-refractivity contribution in [1.82, 2.24) is 4.90 Å². The van der Waals surface area contributed by atoms with Gasteiger partial charge in [-0.05, 0) is 18.6 Å². The van der Waals surface area contributed by atoms with E-state index >= 15 is 0 Å². The van der Waals surface area contributed by atoms with E-state index in [0.29, 0.717) is 18.5 Å². The molecule has 0 spiro atoms. The molecular weight excluding hydrogens is 220 g/mol. The van der Waals surface area contributed by atoms with Gasteiger partial charge in [0.1, 0.15) is 6.04 Å². The van der Waals surface area contributed by atoms with Crippen LogP contribution in [0.4, 0.5) is 0 Å². The maximum absolute atomic E-state index is 12.1. The Morgan fingerprint density at radius 2 is 1.94 bits per heavy atom. The number of carbonyl (C=O) groups is 2. The average Bonchev–Trinajstić information content (AvgIpc) is 2.72. The molecule has 1 saturated heterocycles. The summed E-state index contributed by atoms with van der Waals surface area (Å²) in [4.78, 5) is 24.5. The van der Waals surface area contributed by atoms with Gasteiger partial charge in [-0.2, -0.15) is 0 Å². The molecule has 2 rings (SSSR count). The van der Waals surface area contributed by atoms with Crippen molar-refractivity contribution in [3.05, 3.63) is 35.9 Å². The monoisotopic (exact) mass is 234 g/mol. The van der Waals surface area contributed by atoms with Gasteiger partial charge in [0, 0.05) is 18.2 Å². The Morgan fingerprint density at radius 1 is 1.29 bits per heavy atom. The van der Waals surface area contributed by atoms with Crippen LogP contribution >= 0.6 is 0 Å². The Labute approximate surface area is 98.8 Å². The van der Waals surface area contributed by atoms with Crippen molar-refractivity contribution in [2.24, 2.45) is 5.73 Å². The lowest BCUT2D eigenvalue weighted by Crippen LogP contribution is -2.40. The molecule has 0 saturated carbocycles. The van der Waals surface area contributed by atoms with Crippen molar-refractivity contribution in [3.8, 4) is 0 Å². The fraction of sp³-hybridized carbons (Fsp3) is 0.333. The van der Waals surface area contributed by atoms with Crippen LogP contribution in [0.1, 0.15) is 16.8 Å². The Kier molecular flexibility index (Phi) is 3.10. The van der Waals surface area contributed by atoms with Crippen LogP contribution in [-0.4, -0.2) is 40.5 Å². The predicted octanol–water partition coefficient (Wildman–Crippen LogP) is 0.313. The predicted molar refractivity (Wildman–Crippen MR) is 61.5 cm³/mol. The Balaban J connectivity index is 2.22. The van der Waals surface area contributed by atoms with Crippen LogP contribution in [0.25, 0.3) is 0 Å². The van der Waals surface area contributed by atoms with Crippen LogP contribution in [-0.2, 0) is 4.79 Å². The van der Waals surface area contributed by atoms with E-state index in [9.17, 15) is 9.59 Å². The third-order valence-corrected chi connectivity index (χ3v) is 2.90. The Hall–Kier alpha value is -1.88. The van der Waals surface area contributed by atoms with Crippen LogP contribution in [0, 0.1) is 0 Å². The first-order chi connectivity index (χ1) is 8.09. The van der Waals surface area contributed by atoms with Gasteiger partial charge >= 0.3 is 5.97 Å². The smallest absolute Gasteiger partial charge is 0.326 e. The summed E-state index contributed by atoms with van der Waals surface area (Å²) >= 11 is 0. The van der Waals surface area contributed by atoms with Crippen molar-refractivity contribution in [1.29, 1.82) is 0 Å². The van der Waals surface area contributed by atoms with Crippen molar-refractivity contribution >= 4 is 11.9 Å². The topological polar surface area (TPSA) is 83.6 Å². The number of likely N-dealkylation sites (tertiary alicyclic amines) is 1. The lowest BCUT2D eigenvalue weighted by atomic mass is 10.1. The summed E-state index contributed by atoms with van der Waals surface area (Å²) in [6.45, 7) is 0.296. The number of nitrogens with two attached hydrogens (primary N) is 1. The number of rotatable bonds is 2. The third-order valence-electron chi connectivity index (χ3n) is 2.90. The molecule has 2 atom stereocenters. The normalized spacial score (nSPS) is 23.7. The number of carbonyl (C=O) groups excluding carboxylic acids is 1. The summed E-state index contributed by atoms with van der Waals surface area (Å²) in [5.41, 5.74) is 6.21. The number of hydrogen-bond donors (Lipinski definition) is 2. The second-order valence-electron chi connectivity index (χ2n) is 4.17. The van der Waals surface area contributed by atoms with Gasteiger partial charge in [0.15, 0.2) is 0 Å². The Bertz CT molecular complexity index is 433. The van der Waals surface area contributed by atoms with Crippen LogP contribution in [0.5, 0.6) is 0 Å². The highest BCUT2D eigenvalue weighted by Crippen LogP contribution is 2.19. The largest absolute Gasteiger partial charge is 0.480 e. The van der Waals surface area contributed by atoms with E-state index in [1.54, 1.807) is 30.3 Å². The highest BCUT2D eigenvalue weighted by atomic mass is 16.4. The first-order valence-electron chi connectivity index (χ1n) is 5.44. The molecular formula is C12H14N2O3. The SMILES string of the molecule is N[C@H]1C[C@@H](C(=O)O)N(C(=O)c2ccccc2)C1. The van der Waals surface area contributed by atoms with E-state index in [1.807, 2.05) is 0 Å². The first-order valence-corrected chi connectivity index (χ1v) is 5.44. The minimum absolute atomic E-state index is 0.260. The summed E-state index contributed by atoms with van der Waals surface area (Å²) in [5, 5.41) is 9.05. The first kappa shape index (κ1) is 11.6. The molecule has 1 heterocycles. The van der Waals surface area contributed by atoms with E-state index in [-0.39, 0.29) is 11.9 Å². The zero-order valence-corrected chi connectivity index (χ0v) is 9.24. The van der Waals surface area contributed by atoms with E-state index in [1.165, 1.54) is 4.90 Å². The van der Waals surface area contributed by atoms with Crippen molar-refractivity contribution in [2.75, 3.05) is 6.54 Å². The number of benzene rings is 1. The zero-order chi connectivity index (χ0) is 12.4. The number of hydrogen-bond acceptors (Lipinski definition) is 3. The maximum atomic E-state index is 12.1. The molecule has 0 radical (unpaired) electrons. The summed E-state index contributed by atoms with van der Waals surface area (Å²) in [6, 6.07) is 7.58. The molecule has 1 amide bonds. The van der Waals surface area contributed by atoms with E-state index in [2.05, 4.69) is 0 Å². The van der Waals surface area contributed by atoms with Gasteiger partial charge < -0.3 is 15.7 Å². The number of nitrogens with zero attached hydrogens (tertiary/aromatic N) is 1. The van der Waals surface area contributed by atoms with E-state index < -0.39 is 12.0 Å². The van der Waals surface area contributed by atoms with Gasteiger partial charge in [-0.3, -0.25) is 4.79 Å². The lowest BCUT2D eigenvalue weighted by molar-refractivity contribution is -0.141. The molecule has 17 heavy (non-hydrogen) atoms. The highest BCUT2D eigenvalue weighted by Gasteiger charge is 2.38. The summed E-state index contributed by atoms with van der Waals surface area (Å²) in [6.07, 6.45) is 0.313. The number of carboxylic acid groups (broad SMARTS) is 1. The number of carboxylic acids is 1. The molecule has 0 aromatic heterocycles. The second-order valence-corrected chi connectivity index (χ2v) is 4.17. The number of aliphatic carboxylic acids is 1. The molecule has 1 aliphatic rings. The van der Waals surface area contributed by atoms with Crippen LogP contribution < -0.4 is 5.73 Å². The fourth-order valence-electron chi connectivity index (χ4n) is 2.07. The fourth-order valence-corrected chi connectivity index (χ4v) is 2.07. The van der Waals surface area contributed by atoms with Gasteiger partial charge in [0.25, 0.3) is 5.91 Å². The van der Waals surface area contributed by atoms with Crippen LogP contribution in [0.15, 0.2) is 30.3 Å². The molecule has 90 valence electrons. The molecule has 3 N–H and O–H groups in total. The van der Waals surface area contributed by atoms with Crippen LogP contribution in [0.2, 0.25) is 0 Å². The van der Waals surface area contributed by atoms with Crippen molar-refractivity contribution in [3.63, 3.8) is 0 Å². The summed E-state index contributed by atoms with van der Waals surface area (Å²) < 4.78 is 0. The average molecular weight is 234 g/mol. The van der Waals surface area contributed by atoms with Gasteiger partial charge in [0.05, 0.1) is 0 Å². The van der Waals surface area contributed by atoms with Gasteiger partial charge in [-0.15, -0.1) is 0 Å². The van der Waals surface area contributed by atoms with Gasteiger partial charge in [0.2, 0.25) is 0 Å². The molecule has 1 fully saturated rings.